The van der Waals surface area contributed by atoms with Gasteiger partial charge in [0.05, 0.1) is 5.69 Å². The molecule has 1 aromatic rings. The second-order valence-electron chi connectivity index (χ2n) is 4.83. The van der Waals surface area contributed by atoms with E-state index in [0.717, 1.165) is 13.0 Å². The summed E-state index contributed by atoms with van der Waals surface area (Å²) in [5.41, 5.74) is 5.82. The maximum Gasteiger partial charge on any atom is 0.254 e. The second-order valence-corrected chi connectivity index (χ2v) is 4.83. The molecule has 0 bridgehead atoms. The quantitative estimate of drug-likeness (QED) is 0.800. The summed E-state index contributed by atoms with van der Waals surface area (Å²) in [7, 11) is 3.91. The molecule has 1 aromatic carbocycles. The highest BCUT2D eigenvalue weighted by Crippen LogP contribution is 2.14. The van der Waals surface area contributed by atoms with Crippen LogP contribution in [0.3, 0.4) is 0 Å². The molecule has 0 aliphatic carbocycles. The number of amides is 1. The number of anilines is 1. The highest BCUT2D eigenvalue weighted by Gasteiger charge is 2.16. The molecule has 0 aliphatic rings. The molecule has 0 saturated carbocycles. The Balaban J connectivity index is 2.82. The van der Waals surface area contributed by atoms with Crippen molar-refractivity contribution in [3.05, 3.63) is 29.6 Å². The molecule has 0 radical (unpaired) electrons. The third-order valence-corrected chi connectivity index (χ3v) is 2.85. The molecule has 0 atom stereocenters. The first kappa shape index (κ1) is 15.4. The van der Waals surface area contributed by atoms with Crippen LogP contribution in [0.1, 0.15) is 23.7 Å². The first-order valence-corrected chi connectivity index (χ1v) is 6.44. The Morgan fingerprint density at radius 3 is 2.47 bits per heavy atom. The van der Waals surface area contributed by atoms with Crippen LogP contribution in [0.5, 0.6) is 0 Å². The van der Waals surface area contributed by atoms with Crippen molar-refractivity contribution >= 4 is 11.6 Å². The number of nitrogen functional groups attached to an aromatic ring is 1. The minimum absolute atomic E-state index is 0.0619. The molecule has 5 heteroatoms. The van der Waals surface area contributed by atoms with Crippen molar-refractivity contribution in [3.63, 3.8) is 0 Å². The van der Waals surface area contributed by atoms with Crippen LogP contribution in [0.2, 0.25) is 0 Å². The molecule has 1 amide bonds. The van der Waals surface area contributed by atoms with Gasteiger partial charge < -0.3 is 15.5 Å². The predicted octanol–water partition coefficient (Wildman–Crippen LogP) is 1.82. The molecular weight excluding hydrogens is 245 g/mol. The Kier molecular flexibility index (Phi) is 5.76. The fourth-order valence-corrected chi connectivity index (χ4v) is 1.75. The van der Waals surface area contributed by atoms with E-state index in [2.05, 4.69) is 0 Å². The average Bonchev–Trinajstić information content (AvgIpc) is 2.36. The van der Waals surface area contributed by atoms with Crippen molar-refractivity contribution in [2.75, 3.05) is 39.5 Å². The van der Waals surface area contributed by atoms with Gasteiger partial charge in [0, 0.05) is 25.2 Å². The maximum absolute atomic E-state index is 13.4. The van der Waals surface area contributed by atoms with Crippen LogP contribution in [-0.2, 0) is 0 Å². The van der Waals surface area contributed by atoms with Crippen molar-refractivity contribution in [1.29, 1.82) is 0 Å². The predicted molar refractivity (Wildman–Crippen MR) is 75.6 cm³/mol. The normalized spacial score (nSPS) is 10.8. The molecule has 1 rings (SSSR count). The number of nitrogens with zero attached hydrogens (tertiary/aromatic N) is 2. The lowest BCUT2D eigenvalue weighted by atomic mass is 10.1. The van der Waals surface area contributed by atoms with E-state index in [-0.39, 0.29) is 11.6 Å². The largest absolute Gasteiger partial charge is 0.396 e. The first-order valence-electron chi connectivity index (χ1n) is 6.44. The Bertz CT molecular complexity index is 435. The molecule has 2 N–H and O–H groups in total. The molecule has 106 valence electrons. The lowest BCUT2D eigenvalue weighted by Gasteiger charge is -2.24. The fraction of sp³-hybridized carbons (Fsp3) is 0.500. The van der Waals surface area contributed by atoms with E-state index >= 15 is 0 Å². The summed E-state index contributed by atoms with van der Waals surface area (Å²) in [6, 6.07) is 4.20. The molecule has 0 spiro atoms. The van der Waals surface area contributed by atoms with Gasteiger partial charge in [-0.05, 0) is 38.7 Å². The number of hydrogen-bond donors (Lipinski definition) is 1. The third kappa shape index (κ3) is 4.52. The number of likely N-dealkylation sites (N-methyl/N-ethyl adjacent to an activating group) is 1. The lowest BCUT2D eigenvalue weighted by Crippen LogP contribution is -2.37. The summed E-state index contributed by atoms with van der Waals surface area (Å²) in [6.45, 7) is 4.09. The Morgan fingerprint density at radius 1 is 1.26 bits per heavy atom. The SMILES string of the molecule is CCCN(CCN(C)C)C(=O)c1ccc(N)c(F)c1. The lowest BCUT2D eigenvalue weighted by molar-refractivity contribution is 0.0744. The summed E-state index contributed by atoms with van der Waals surface area (Å²) < 4.78 is 13.4. The number of halogens is 1. The number of benzene rings is 1. The van der Waals surface area contributed by atoms with Crippen molar-refractivity contribution in [2.24, 2.45) is 0 Å². The Hall–Kier alpha value is -1.62. The van der Waals surface area contributed by atoms with E-state index < -0.39 is 5.82 Å². The van der Waals surface area contributed by atoms with Gasteiger partial charge in [0.15, 0.2) is 0 Å². The highest BCUT2D eigenvalue weighted by molar-refractivity contribution is 5.94. The van der Waals surface area contributed by atoms with Crippen LogP contribution >= 0.6 is 0 Å². The van der Waals surface area contributed by atoms with Gasteiger partial charge in [-0.25, -0.2) is 4.39 Å². The zero-order chi connectivity index (χ0) is 14.4. The number of nitrogens with two attached hydrogens (primary N) is 1. The average molecular weight is 267 g/mol. The van der Waals surface area contributed by atoms with Crippen molar-refractivity contribution in [3.8, 4) is 0 Å². The van der Waals surface area contributed by atoms with E-state index in [4.69, 9.17) is 5.73 Å². The van der Waals surface area contributed by atoms with E-state index in [9.17, 15) is 9.18 Å². The number of carbonyl (C=O) groups is 1. The van der Waals surface area contributed by atoms with Gasteiger partial charge in [-0.3, -0.25) is 4.79 Å². The van der Waals surface area contributed by atoms with E-state index in [0.29, 0.717) is 18.7 Å². The minimum Gasteiger partial charge on any atom is -0.396 e. The second kappa shape index (κ2) is 7.09. The molecule has 4 nitrogen and oxygen atoms in total. The minimum atomic E-state index is -0.546. The zero-order valence-corrected chi connectivity index (χ0v) is 11.8. The van der Waals surface area contributed by atoms with Gasteiger partial charge in [-0.2, -0.15) is 0 Å². The maximum atomic E-state index is 13.4. The summed E-state index contributed by atoms with van der Waals surface area (Å²) in [6.07, 6.45) is 0.872. The van der Waals surface area contributed by atoms with Crippen molar-refractivity contribution in [1.82, 2.24) is 9.80 Å². The zero-order valence-electron chi connectivity index (χ0n) is 11.8. The van der Waals surface area contributed by atoms with Gasteiger partial charge in [-0.15, -0.1) is 0 Å². The van der Waals surface area contributed by atoms with Gasteiger partial charge >= 0.3 is 0 Å². The van der Waals surface area contributed by atoms with Gasteiger partial charge in [0.2, 0.25) is 0 Å². The smallest absolute Gasteiger partial charge is 0.254 e. The Morgan fingerprint density at radius 2 is 1.95 bits per heavy atom. The third-order valence-electron chi connectivity index (χ3n) is 2.85. The van der Waals surface area contributed by atoms with Gasteiger partial charge in [0.1, 0.15) is 5.82 Å². The standard InChI is InChI=1S/C14H22FN3O/c1-4-7-18(9-8-17(2)3)14(19)11-5-6-13(16)12(15)10-11/h5-6,10H,4,7-9,16H2,1-3H3. The highest BCUT2D eigenvalue weighted by atomic mass is 19.1. The monoisotopic (exact) mass is 267 g/mol. The van der Waals surface area contributed by atoms with Crippen LogP contribution in [0.4, 0.5) is 10.1 Å². The van der Waals surface area contributed by atoms with Crippen LogP contribution < -0.4 is 5.73 Å². The van der Waals surface area contributed by atoms with Crippen molar-refractivity contribution < 1.29 is 9.18 Å². The number of hydrogen-bond acceptors (Lipinski definition) is 3. The number of carbonyl (C=O) groups excluding carboxylic acids is 1. The molecule has 0 fully saturated rings. The molecule has 0 saturated heterocycles. The van der Waals surface area contributed by atoms with E-state index in [1.807, 2.05) is 25.9 Å². The summed E-state index contributed by atoms with van der Waals surface area (Å²) in [4.78, 5) is 16.1. The first-order chi connectivity index (χ1) is 8.95. The fourth-order valence-electron chi connectivity index (χ4n) is 1.75. The summed E-state index contributed by atoms with van der Waals surface area (Å²) >= 11 is 0. The molecule has 0 aliphatic heterocycles. The van der Waals surface area contributed by atoms with E-state index in [1.165, 1.54) is 12.1 Å². The molecule has 19 heavy (non-hydrogen) atoms. The summed E-state index contributed by atoms with van der Waals surface area (Å²) in [5, 5.41) is 0. The van der Waals surface area contributed by atoms with Crippen LogP contribution in [-0.4, -0.2) is 49.4 Å². The Labute approximate surface area is 114 Å². The molecular formula is C14H22FN3O. The van der Waals surface area contributed by atoms with Crippen LogP contribution in [0, 0.1) is 5.82 Å². The van der Waals surface area contributed by atoms with Gasteiger partial charge in [-0.1, -0.05) is 6.92 Å². The van der Waals surface area contributed by atoms with Gasteiger partial charge in [0.25, 0.3) is 5.91 Å². The number of rotatable bonds is 6. The molecule has 0 aromatic heterocycles. The summed E-state index contributed by atoms with van der Waals surface area (Å²) in [5.74, 6) is -0.697. The van der Waals surface area contributed by atoms with Crippen molar-refractivity contribution in [2.45, 2.75) is 13.3 Å². The topological polar surface area (TPSA) is 49.6 Å². The molecule has 0 unspecified atom stereocenters. The van der Waals surface area contributed by atoms with Crippen LogP contribution in [0.15, 0.2) is 18.2 Å². The van der Waals surface area contributed by atoms with E-state index in [1.54, 1.807) is 11.0 Å². The van der Waals surface area contributed by atoms with Crippen LogP contribution in [0.25, 0.3) is 0 Å². The molecule has 0 heterocycles.